The van der Waals surface area contributed by atoms with Crippen molar-refractivity contribution in [2.75, 3.05) is 32.7 Å². The van der Waals surface area contributed by atoms with E-state index < -0.39 is 0 Å². The quantitative estimate of drug-likeness (QED) is 0.904. The Kier molecular flexibility index (Phi) is 4.61. The first-order valence-corrected chi connectivity index (χ1v) is 7.26. The topological polar surface area (TPSA) is 32.5 Å². The number of piperazine rings is 1. The Bertz CT molecular complexity index is 375. The van der Waals surface area contributed by atoms with Gasteiger partial charge in [-0.1, -0.05) is 30.3 Å². The molecule has 1 heterocycles. The second kappa shape index (κ2) is 6.04. The summed E-state index contributed by atoms with van der Waals surface area (Å²) in [7, 11) is 0. The van der Waals surface area contributed by atoms with Crippen molar-refractivity contribution in [3.05, 3.63) is 35.9 Å². The predicted octanol–water partition coefficient (Wildman–Crippen LogP) is 2.10. The maximum atomic E-state index is 6.00. The lowest BCUT2D eigenvalue weighted by atomic mass is 10.0. The van der Waals surface area contributed by atoms with Gasteiger partial charge in [0, 0.05) is 44.3 Å². The van der Waals surface area contributed by atoms with Crippen LogP contribution in [0, 0.1) is 0 Å². The van der Waals surface area contributed by atoms with E-state index in [0.29, 0.717) is 12.6 Å². The van der Waals surface area contributed by atoms with E-state index in [1.54, 1.807) is 0 Å². The van der Waals surface area contributed by atoms with Crippen molar-refractivity contribution in [3.63, 3.8) is 0 Å². The maximum Gasteiger partial charge on any atom is 0.0471 e. The maximum absolute atomic E-state index is 6.00. The van der Waals surface area contributed by atoms with E-state index in [1.165, 1.54) is 5.56 Å². The monoisotopic (exact) mass is 261 g/mol. The summed E-state index contributed by atoms with van der Waals surface area (Å²) in [4.78, 5) is 5.08. The summed E-state index contributed by atoms with van der Waals surface area (Å²) >= 11 is 0. The molecule has 1 atom stereocenters. The molecule has 0 aliphatic carbocycles. The van der Waals surface area contributed by atoms with Crippen molar-refractivity contribution in [1.82, 2.24) is 9.80 Å². The fourth-order valence-corrected chi connectivity index (χ4v) is 2.88. The molecule has 0 bridgehead atoms. The minimum Gasteiger partial charge on any atom is -0.329 e. The Balaban J connectivity index is 2.00. The van der Waals surface area contributed by atoms with Crippen LogP contribution in [0.15, 0.2) is 30.3 Å². The van der Waals surface area contributed by atoms with Crippen molar-refractivity contribution < 1.29 is 0 Å². The van der Waals surface area contributed by atoms with Gasteiger partial charge in [0.05, 0.1) is 0 Å². The molecular weight excluding hydrogens is 234 g/mol. The second-order valence-electron chi connectivity index (χ2n) is 6.36. The van der Waals surface area contributed by atoms with Gasteiger partial charge in [-0.25, -0.2) is 0 Å². The van der Waals surface area contributed by atoms with Crippen molar-refractivity contribution in [2.45, 2.75) is 32.4 Å². The van der Waals surface area contributed by atoms with E-state index in [2.05, 4.69) is 60.9 Å². The van der Waals surface area contributed by atoms with Crippen LogP contribution in [0.5, 0.6) is 0 Å². The summed E-state index contributed by atoms with van der Waals surface area (Å²) in [5.41, 5.74) is 7.62. The van der Waals surface area contributed by atoms with Crippen LogP contribution in [0.4, 0.5) is 0 Å². The van der Waals surface area contributed by atoms with Crippen LogP contribution in [0.3, 0.4) is 0 Å². The lowest BCUT2D eigenvalue weighted by Crippen LogP contribution is -2.54. The van der Waals surface area contributed by atoms with Gasteiger partial charge in [-0.2, -0.15) is 0 Å². The summed E-state index contributed by atoms with van der Waals surface area (Å²) < 4.78 is 0. The summed E-state index contributed by atoms with van der Waals surface area (Å²) in [5.74, 6) is 0. The molecular formula is C16H27N3. The number of nitrogens with zero attached hydrogens (tertiary/aromatic N) is 2. The minimum atomic E-state index is 0.275. The van der Waals surface area contributed by atoms with Gasteiger partial charge in [0.15, 0.2) is 0 Å². The molecule has 19 heavy (non-hydrogen) atoms. The van der Waals surface area contributed by atoms with Crippen LogP contribution in [0.1, 0.15) is 32.4 Å². The molecule has 1 aliphatic rings. The largest absolute Gasteiger partial charge is 0.329 e. The number of rotatable bonds is 3. The minimum absolute atomic E-state index is 0.275. The van der Waals surface area contributed by atoms with Crippen LogP contribution >= 0.6 is 0 Å². The van der Waals surface area contributed by atoms with E-state index >= 15 is 0 Å². The molecule has 3 nitrogen and oxygen atoms in total. The Morgan fingerprint density at radius 3 is 2.11 bits per heavy atom. The number of hydrogen-bond donors (Lipinski definition) is 1. The average molecular weight is 261 g/mol. The van der Waals surface area contributed by atoms with Gasteiger partial charge in [0.2, 0.25) is 0 Å². The molecule has 0 amide bonds. The third-order valence-electron chi connectivity index (χ3n) is 4.11. The highest BCUT2D eigenvalue weighted by Gasteiger charge is 2.28. The van der Waals surface area contributed by atoms with Crippen LogP contribution < -0.4 is 5.73 Å². The molecule has 1 aliphatic heterocycles. The average Bonchev–Trinajstić information content (AvgIpc) is 2.40. The lowest BCUT2D eigenvalue weighted by Gasteiger charge is -2.44. The predicted molar refractivity (Wildman–Crippen MR) is 81.1 cm³/mol. The highest BCUT2D eigenvalue weighted by molar-refractivity contribution is 5.19. The molecule has 0 saturated carbocycles. The van der Waals surface area contributed by atoms with E-state index in [9.17, 15) is 0 Å². The number of benzene rings is 1. The van der Waals surface area contributed by atoms with Gasteiger partial charge in [-0.05, 0) is 26.3 Å². The van der Waals surface area contributed by atoms with Crippen molar-refractivity contribution in [2.24, 2.45) is 5.73 Å². The van der Waals surface area contributed by atoms with Gasteiger partial charge in [-0.3, -0.25) is 9.80 Å². The molecule has 1 aromatic carbocycles. The molecule has 1 aromatic rings. The Morgan fingerprint density at radius 2 is 1.63 bits per heavy atom. The van der Waals surface area contributed by atoms with E-state index in [0.717, 1.165) is 26.2 Å². The van der Waals surface area contributed by atoms with Gasteiger partial charge in [0.25, 0.3) is 0 Å². The normalized spacial score (nSPS) is 20.4. The molecule has 1 unspecified atom stereocenters. The molecule has 3 heteroatoms. The van der Waals surface area contributed by atoms with Gasteiger partial charge >= 0.3 is 0 Å². The summed E-state index contributed by atoms with van der Waals surface area (Å²) in [6.07, 6.45) is 0. The third-order valence-corrected chi connectivity index (χ3v) is 4.11. The van der Waals surface area contributed by atoms with Crippen molar-refractivity contribution in [1.29, 1.82) is 0 Å². The molecule has 2 N–H and O–H groups in total. The summed E-state index contributed by atoms with van der Waals surface area (Å²) in [6, 6.07) is 11.0. The van der Waals surface area contributed by atoms with Gasteiger partial charge < -0.3 is 5.73 Å². The molecule has 0 spiro atoms. The highest BCUT2D eigenvalue weighted by Crippen LogP contribution is 2.23. The third kappa shape index (κ3) is 3.56. The smallest absolute Gasteiger partial charge is 0.0471 e. The molecule has 0 aromatic heterocycles. The van der Waals surface area contributed by atoms with E-state index in [1.807, 2.05) is 0 Å². The van der Waals surface area contributed by atoms with E-state index in [4.69, 9.17) is 5.73 Å². The number of hydrogen-bond acceptors (Lipinski definition) is 3. The number of nitrogens with two attached hydrogens (primary N) is 1. The lowest BCUT2D eigenvalue weighted by molar-refractivity contribution is 0.0433. The molecule has 106 valence electrons. The summed E-state index contributed by atoms with van der Waals surface area (Å²) in [6.45, 7) is 12.0. The first-order valence-electron chi connectivity index (χ1n) is 7.26. The van der Waals surface area contributed by atoms with Gasteiger partial charge in [0.1, 0.15) is 0 Å². The molecule has 1 fully saturated rings. The fourth-order valence-electron chi connectivity index (χ4n) is 2.88. The zero-order chi connectivity index (χ0) is 13.9. The Morgan fingerprint density at radius 1 is 1.05 bits per heavy atom. The Labute approximate surface area is 117 Å². The van der Waals surface area contributed by atoms with Crippen LogP contribution in [-0.2, 0) is 0 Å². The Hall–Kier alpha value is -0.900. The molecule has 2 rings (SSSR count). The first-order chi connectivity index (χ1) is 9.02. The molecule has 0 radical (unpaired) electrons. The highest BCUT2D eigenvalue weighted by atomic mass is 15.3. The van der Waals surface area contributed by atoms with Gasteiger partial charge in [-0.15, -0.1) is 0 Å². The van der Waals surface area contributed by atoms with Crippen molar-refractivity contribution in [3.8, 4) is 0 Å². The fraction of sp³-hybridized carbons (Fsp3) is 0.625. The zero-order valence-corrected chi connectivity index (χ0v) is 12.5. The zero-order valence-electron chi connectivity index (χ0n) is 12.5. The van der Waals surface area contributed by atoms with E-state index in [-0.39, 0.29) is 5.54 Å². The summed E-state index contributed by atoms with van der Waals surface area (Å²) in [5, 5.41) is 0. The van der Waals surface area contributed by atoms with Crippen molar-refractivity contribution >= 4 is 0 Å². The SMILES string of the molecule is CC(C)(C)N1CCN(C(CN)c2ccccc2)CC1. The molecule has 1 saturated heterocycles. The second-order valence-corrected chi connectivity index (χ2v) is 6.36. The van der Waals surface area contributed by atoms with Crippen LogP contribution in [0.25, 0.3) is 0 Å². The standard InChI is InChI=1S/C16H27N3/c1-16(2,3)19-11-9-18(10-12-19)15(13-17)14-7-5-4-6-8-14/h4-8,15H,9-13,17H2,1-3H3. The van der Waals surface area contributed by atoms with Crippen LogP contribution in [0.2, 0.25) is 0 Å². The van der Waals surface area contributed by atoms with Crippen LogP contribution in [-0.4, -0.2) is 48.1 Å². The first kappa shape index (κ1) is 14.5.